The highest BCUT2D eigenvalue weighted by Gasteiger charge is 2.15. The lowest BCUT2D eigenvalue weighted by Crippen LogP contribution is -2.30. The van der Waals surface area contributed by atoms with E-state index >= 15 is 0 Å². The topological polar surface area (TPSA) is 25.4 Å². The van der Waals surface area contributed by atoms with Crippen molar-refractivity contribution in [2.45, 2.75) is 40.0 Å². The summed E-state index contributed by atoms with van der Waals surface area (Å²) in [7, 11) is 1.87. The second-order valence-electron chi connectivity index (χ2n) is 6.85. The summed E-state index contributed by atoms with van der Waals surface area (Å²) < 4.78 is 5.80. The van der Waals surface area contributed by atoms with Crippen molar-refractivity contribution in [3.8, 4) is 5.75 Å². The SMILES string of the molecule is Cc1cc(C)nc(N(C)C(=S)Oc2ccc(C(C)(C)C)cc2)c1. The van der Waals surface area contributed by atoms with E-state index in [4.69, 9.17) is 17.0 Å². The molecule has 1 aromatic carbocycles. The molecule has 0 saturated heterocycles. The number of aryl methyl sites for hydroxylation is 2. The van der Waals surface area contributed by atoms with Crippen molar-refractivity contribution >= 4 is 23.2 Å². The Bertz CT molecular complexity index is 682. The minimum absolute atomic E-state index is 0.124. The van der Waals surface area contributed by atoms with Crippen LogP contribution in [0.2, 0.25) is 0 Å². The molecule has 0 aliphatic rings. The van der Waals surface area contributed by atoms with Gasteiger partial charge in [0.15, 0.2) is 0 Å². The van der Waals surface area contributed by atoms with Crippen molar-refractivity contribution in [1.29, 1.82) is 0 Å². The Hall–Kier alpha value is -1.94. The number of hydrogen-bond donors (Lipinski definition) is 0. The number of thiocarbonyl (C=S) groups is 1. The van der Waals surface area contributed by atoms with Crippen LogP contribution in [0, 0.1) is 13.8 Å². The maximum atomic E-state index is 5.80. The number of nitrogens with zero attached hydrogens (tertiary/aromatic N) is 2. The van der Waals surface area contributed by atoms with Crippen LogP contribution in [-0.2, 0) is 5.41 Å². The Morgan fingerprint density at radius 2 is 1.70 bits per heavy atom. The molecular weight excluding hydrogens is 304 g/mol. The second-order valence-corrected chi connectivity index (χ2v) is 7.19. The fourth-order valence-electron chi connectivity index (χ4n) is 2.28. The number of pyridine rings is 1. The van der Waals surface area contributed by atoms with Crippen LogP contribution in [0.5, 0.6) is 5.75 Å². The molecule has 2 rings (SSSR count). The van der Waals surface area contributed by atoms with Crippen molar-refractivity contribution < 1.29 is 4.74 Å². The highest BCUT2D eigenvalue weighted by Crippen LogP contribution is 2.24. The summed E-state index contributed by atoms with van der Waals surface area (Å²) in [4.78, 5) is 6.29. The van der Waals surface area contributed by atoms with E-state index in [0.717, 1.165) is 22.8 Å². The van der Waals surface area contributed by atoms with Gasteiger partial charge in [0.2, 0.25) is 0 Å². The fraction of sp³-hybridized carbons (Fsp3) is 0.368. The first-order valence-corrected chi connectivity index (χ1v) is 8.09. The molecule has 4 heteroatoms. The third-order valence-electron chi connectivity index (χ3n) is 3.63. The van der Waals surface area contributed by atoms with Gasteiger partial charge in [-0.15, -0.1) is 0 Å². The van der Waals surface area contributed by atoms with Crippen LogP contribution in [0.3, 0.4) is 0 Å². The van der Waals surface area contributed by atoms with Gasteiger partial charge in [0, 0.05) is 12.7 Å². The van der Waals surface area contributed by atoms with Gasteiger partial charge in [0.05, 0.1) is 0 Å². The summed E-state index contributed by atoms with van der Waals surface area (Å²) in [5.41, 5.74) is 3.50. The van der Waals surface area contributed by atoms with Crippen molar-refractivity contribution in [2.24, 2.45) is 0 Å². The monoisotopic (exact) mass is 328 g/mol. The third-order valence-corrected chi connectivity index (χ3v) is 3.98. The van der Waals surface area contributed by atoms with Gasteiger partial charge in [-0.05, 0) is 66.9 Å². The van der Waals surface area contributed by atoms with E-state index in [0.29, 0.717) is 5.17 Å². The zero-order chi connectivity index (χ0) is 17.2. The smallest absolute Gasteiger partial charge is 0.270 e. The quantitative estimate of drug-likeness (QED) is 0.740. The van der Waals surface area contributed by atoms with Gasteiger partial charge in [-0.2, -0.15) is 0 Å². The third kappa shape index (κ3) is 4.52. The van der Waals surface area contributed by atoms with Crippen LogP contribution >= 0.6 is 12.2 Å². The molecule has 0 aliphatic heterocycles. The largest absolute Gasteiger partial charge is 0.432 e. The number of hydrogen-bond acceptors (Lipinski definition) is 3. The van der Waals surface area contributed by atoms with Crippen LogP contribution < -0.4 is 9.64 Å². The summed E-state index contributed by atoms with van der Waals surface area (Å²) in [5, 5.41) is 0.381. The van der Waals surface area contributed by atoms with Crippen LogP contribution in [0.4, 0.5) is 5.82 Å². The molecule has 2 aromatic rings. The van der Waals surface area contributed by atoms with Gasteiger partial charge < -0.3 is 4.74 Å². The Kier molecular flexibility index (Phi) is 5.05. The molecule has 3 nitrogen and oxygen atoms in total. The normalized spacial score (nSPS) is 11.2. The number of benzene rings is 1. The van der Waals surface area contributed by atoms with Crippen molar-refractivity contribution in [1.82, 2.24) is 4.98 Å². The molecule has 0 unspecified atom stereocenters. The Balaban J connectivity index is 2.12. The lowest BCUT2D eigenvalue weighted by atomic mass is 9.87. The van der Waals surface area contributed by atoms with Gasteiger partial charge in [-0.3, -0.25) is 4.90 Å². The summed E-state index contributed by atoms with van der Waals surface area (Å²) in [6, 6.07) is 12.1. The average Bonchev–Trinajstić information content (AvgIpc) is 2.45. The molecule has 23 heavy (non-hydrogen) atoms. The number of anilines is 1. The predicted octanol–water partition coefficient (Wildman–Crippen LogP) is 4.80. The van der Waals surface area contributed by atoms with Gasteiger partial charge in [-0.25, -0.2) is 4.98 Å². The zero-order valence-electron chi connectivity index (χ0n) is 14.7. The minimum Gasteiger partial charge on any atom is -0.432 e. The van der Waals surface area contributed by atoms with E-state index in [1.165, 1.54) is 5.56 Å². The molecule has 0 atom stereocenters. The molecule has 1 aromatic heterocycles. The second kappa shape index (κ2) is 6.67. The first kappa shape index (κ1) is 17.4. The van der Waals surface area contributed by atoms with E-state index in [2.05, 4.69) is 37.9 Å². The standard InChI is InChI=1S/C19H24N2OS/c1-13-11-14(2)20-17(12-13)21(6)18(23)22-16-9-7-15(8-10-16)19(3,4)5/h7-12H,1-6H3. The molecule has 0 spiro atoms. The van der Waals surface area contributed by atoms with Crippen LogP contribution in [-0.4, -0.2) is 17.2 Å². The molecule has 0 radical (unpaired) electrons. The fourth-order valence-corrected chi connectivity index (χ4v) is 2.47. The molecule has 0 aliphatic carbocycles. The lowest BCUT2D eigenvalue weighted by Gasteiger charge is -2.21. The summed E-state index contributed by atoms with van der Waals surface area (Å²) >= 11 is 5.40. The molecule has 0 N–H and O–H groups in total. The summed E-state index contributed by atoms with van der Waals surface area (Å²) in [6.45, 7) is 10.6. The van der Waals surface area contributed by atoms with E-state index < -0.39 is 0 Å². The average molecular weight is 328 g/mol. The van der Waals surface area contributed by atoms with E-state index in [-0.39, 0.29) is 5.41 Å². The van der Waals surface area contributed by atoms with Gasteiger partial charge in [-0.1, -0.05) is 32.9 Å². The number of aromatic nitrogens is 1. The number of rotatable bonds is 2. The maximum absolute atomic E-state index is 5.80. The molecule has 0 bridgehead atoms. The Labute approximate surface area is 144 Å². The number of ether oxygens (including phenoxy) is 1. The van der Waals surface area contributed by atoms with Gasteiger partial charge in [0.1, 0.15) is 11.6 Å². The van der Waals surface area contributed by atoms with E-state index in [1.54, 1.807) is 4.90 Å². The summed E-state index contributed by atoms with van der Waals surface area (Å²) in [6.07, 6.45) is 0. The Morgan fingerprint density at radius 3 is 2.22 bits per heavy atom. The molecule has 1 heterocycles. The molecular formula is C19H24N2OS. The van der Waals surface area contributed by atoms with Crippen LogP contribution in [0.15, 0.2) is 36.4 Å². The van der Waals surface area contributed by atoms with Crippen LogP contribution in [0.1, 0.15) is 37.6 Å². The van der Waals surface area contributed by atoms with Crippen LogP contribution in [0.25, 0.3) is 0 Å². The van der Waals surface area contributed by atoms with E-state index in [9.17, 15) is 0 Å². The summed E-state index contributed by atoms with van der Waals surface area (Å²) in [5.74, 6) is 1.53. The first-order valence-electron chi connectivity index (χ1n) is 7.68. The highest BCUT2D eigenvalue weighted by atomic mass is 32.1. The lowest BCUT2D eigenvalue weighted by molar-refractivity contribution is 0.547. The maximum Gasteiger partial charge on any atom is 0.270 e. The highest BCUT2D eigenvalue weighted by molar-refractivity contribution is 7.80. The predicted molar refractivity (Wildman–Crippen MR) is 100 cm³/mol. The van der Waals surface area contributed by atoms with Crippen molar-refractivity contribution in [3.05, 3.63) is 53.2 Å². The zero-order valence-corrected chi connectivity index (χ0v) is 15.5. The molecule has 0 saturated carbocycles. The molecule has 122 valence electrons. The van der Waals surface area contributed by atoms with Crippen molar-refractivity contribution in [3.63, 3.8) is 0 Å². The molecule has 0 amide bonds. The van der Waals surface area contributed by atoms with E-state index in [1.807, 2.05) is 45.2 Å². The minimum atomic E-state index is 0.124. The first-order chi connectivity index (χ1) is 10.7. The van der Waals surface area contributed by atoms with Gasteiger partial charge in [0.25, 0.3) is 5.17 Å². The van der Waals surface area contributed by atoms with Crippen molar-refractivity contribution in [2.75, 3.05) is 11.9 Å². The molecule has 0 fully saturated rings. The Morgan fingerprint density at radius 1 is 1.09 bits per heavy atom. The van der Waals surface area contributed by atoms with Gasteiger partial charge >= 0.3 is 0 Å².